The number of hydrogen-bond acceptors (Lipinski definition) is 9. The number of carbonyl (C=O) groups excluding carboxylic acids is 2. The van der Waals surface area contributed by atoms with Crippen LogP contribution >= 0.6 is 11.8 Å². The van der Waals surface area contributed by atoms with Gasteiger partial charge in [0, 0.05) is 17.9 Å². The molecule has 1 amide bonds. The van der Waals surface area contributed by atoms with Crippen molar-refractivity contribution in [3.05, 3.63) is 29.8 Å². The van der Waals surface area contributed by atoms with E-state index in [-0.39, 0.29) is 30.4 Å². The maximum absolute atomic E-state index is 12.1. The minimum absolute atomic E-state index is 0.00978. The molecule has 3 heterocycles. The van der Waals surface area contributed by atoms with E-state index in [2.05, 4.69) is 22.1 Å². The van der Waals surface area contributed by atoms with Crippen LogP contribution in [0.25, 0.3) is 0 Å². The van der Waals surface area contributed by atoms with Crippen LogP contribution in [0.4, 0.5) is 4.79 Å². The number of rotatable bonds is 7. The molecule has 0 radical (unpaired) electrons. The van der Waals surface area contributed by atoms with E-state index in [1.807, 2.05) is 0 Å². The Morgan fingerprint density at radius 2 is 2.38 bits per heavy atom. The number of aliphatic hydroxyl groups is 1. The van der Waals surface area contributed by atoms with Gasteiger partial charge in [0.05, 0.1) is 12.5 Å². The number of β-lactam (4-membered cyclic amide) rings is 1. The van der Waals surface area contributed by atoms with E-state index in [9.17, 15) is 14.7 Å². The van der Waals surface area contributed by atoms with Gasteiger partial charge in [-0.15, -0.1) is 5.10 Å². The summed E-state index contributed by atoms with van der Waals surface area (Å²) in [5.74, 6) is -0.621. The predicted molar refractivity (Wildman–Crippen MR) is 80.9 cm³/mol. The third-order valence-corrected chi connectivity index (χ3v) is 4.97. The van der Waals surface area contributed by atoms with Crippen LogP contribution in [-0.4, -0.2) is 60.9 Å². The SMILES string of the molecule is C=CCOC(=O)OC1=C(CCn2cnnn2)S[C@@H]2[C@@H](CO)C(=O)N12. The number of allylic oxidation sites excluding steroid dienone is 1. The quantitative estimate of drug-likeness (QED) is 0.413. The standard InChI is InChI=1S/C13H15N5O5S/c1-2-5-22-13(21)23-11-9(3-4-17-7-14-15-16-17)24-12-8(6-19)10(20)18(11)12/h2,7-8,12,19H,1,3-6H2/t8-,12+/m0/s1. The molecule has 1 N–H and O–H groups in total. The number of fused-ring (bicyclic) bond motifs is 1. The molecule has 24 heavy (non-hydrogen) atoms. The Labute approximate surface area is 141 Å². The van der Waals surface area contributed by atoms with E-state index in [0.717, 1.165) is 0 Å². The second-order valence-electron chi connectivity index (χ2n) is 5.01. The predicted octanol–water partition coefficient (Wildman–Crippen LogP) is 0.0951. The highest BCUT2D eigenvalue weighted by molar-refractivity contribution is 8.04. The number of carbonyl (C=O) groups is 2. The van der Waals surface area contributed by atoms with Gasteiger partial charge >= 0.3 is 6.16 Å². The Bertz CT molecular complexity index is 676. The van der Waals surface area contributed by atoms with E-state index in [4.69, 9.17) is 9.47 Å². The number of aromatic nitrogens is 4. The smallest absolute Gasteiger partial charge is 0.430 e. The molecule has 0 aromatic carbocycles. The van der Waals surface area contributed by atoms with E-state index in [1.54, 1.807) is 0 Å². The molecular formula is C13H15N5O5S. The molecule has 2 aliphatic heterocycles. The van der Waals surface area contributed by atoms with Gasteiger partial charge in [-0.25, -0.2) is 9.48 Å². The van der Waals surface area contributed by atoms with Crippen molar-refractivity contribution in [3.8, 4) is 0 Å². The molecular weight excluding hydrogens is 338 g/mol. The summed E-state index contributed by atoms with van der Waals surface area (Å²) in [5, 5.41) is 19.9. The Hall–Kier alpha value is -2.40. The summed E-state index contributed by atoms with van der Waals surface area (Å²) < 4.78 is 11.5. The lowest BCUT2D eigenvalue weighted by atomic mass is 10.00. The maximum Gasteiger partial charge on any atom is 0.515 e. The van der Waals surface area contributed by atoms with Gasteiger partial charge in [-0.2, -0.15) is 0 Å². The fourth-order valence-corrected chi connectivity index (χ4v) is 3.79. The first-order valence-corrected chi connectivity index (χ1v) is 8.03. The van der Waals surface area contributed by atoms with Gasteiger partial charge in [0.15, 0.2) is 0 Å². The van der Waals surface area contributed by atoms with Crippen LogP contribution in [-0.2, 0) is 20.8 Å². The van der Waals surface area contributed by atoms with E-state index >= 15 is 0 Å². The van der Waals surface area contributed by atoms with Gasteiger partial charge in [0.1, 0.15) is 18.3 Å². The van der Waals surface area contributed by atoms with Gasteiger partial charge in [-0.05, 0) is 10.4 Å². The first-order valence-electron chi connectivity index (χ1n) is 7.15. The van der Waals surface area contributed by atoms with Crippen LogP contribution in [0.1, 0.15) is 6.42 Å². The van der Waals surface area contributed by atoms with Crippen molar-refractivity contribution in [1.82, 2.24) is 25.1 Å². The largest absolute Gasteiger partial charge is 0.515 e. The number of aryl methyl sites for hydroxylation is 1. The van der Waals surface area contributed by atoms with Gasteiger partial charge in [0.25, 0.3) is 0 Å². The molecule has 1 aromatic heterocycles. The normalized spacial score (nSPS) is 22.2. The highest BCUT2D eigenvalue weighted by Gasteiger charge is 2.55. The minimum atomic E-state index is -0.911. The highest BCUT2D eigenvalue weighted by atomic mass is 32.2. The van der Waals surface area contributed by atoms with Crippen molar-refractivity contribution in [1.29, 1.82) is 0 Å². The number of hydrogen-bond donors (Lipinski definition) is 1. The number of ether oxygens (including phenoxy) is 2. The van der Waals surface area contributed by atoms with Crippen LogP contribution < -0.4 is 0 Å². The molecule has 0 aliphatic carbocycles. The van der Waals surface area contributed by atoms with Crippen LogP contribution in [0.2, 0.25) is 0 Å². The van der Waals surface area contributed by atoms with Gasteiger partial charge < -0.3 is 14.6 Å². The molecule has 0 spiro atoms. The van der Waals surface area contributed by atoms with Crippen molar-refractivity contribution >= 4 is 23.8 Å². The summed E-state index contributed by atoms with van der Waals surface area (Å²) in [6, 6.07) is 0. The zero-order chi connectivity index (χ0) is 17.1. The third kappa shape index (κ3) is 2.99. The number of thioether (sulfide) groups is 1. The summed E-state index contributed by atoms with van der Waals surface area (Å²) in [7, 11) is 0. The third-order valence-electron chi connectivity index (χ3n) is 3.53. The Morgan fingerprint density at radius 3 is 3.04 bits per heavy atom. The summed E-state index contributed by atoms with van der Waals surface area (Å²) in [6.07, 6.45) is 2.44. The van der Waals surface area contributed by atoms with E-state index < -0.39 is 12.1 Å². The van der Waals surface area contributed by atoms with Crippen molar-refractivity contribution in [2.45, 2.75) is 18.3 Å². The zero-order valence-electron chi connectivity index (χ0n) is 12.6. The lowest BCUT2D eigenvalue weighted by Gasteiger charge is -2.40. The molecule has 1 saturated heterocycles. The number of aliphatic hydroxyl groups excluding tert-OH is 1. The summed E-state index contributed by atoms with van der Waals surface area (Å²) in [4.78, 5) is 25.9. The Kier molecular flexibility index (Phi) is 4.81. The van der Waals surface area contributed by atoms with Crippen LogP contribution in [0.15, 0.2) is 29.8 Å². The van der Waals surface area contributed by atoms with Crippen molar-refractivity contribution in [3.63, 3.8) is 0 Å². The second-order valence-corrected chi connectivity index (χ2v) is 6.22. The Morgan fingerprint density at radius 1 is 1.54 bits per heavy atom. The highest BCUT2D eigenvalue weighted by Crippen LogP contribution is 2.50. The molecule has 2 aliphatic rings. The lowest BCUT2D eigenvalue weighted by Crippen LogP contribution is -2.58. The molecule has 128 valence electrons. The molecule has 11 heteroatoms. The van der Waals surface area contributed by atoms with E-state index in [0.29, 0.717) is 17.9 Å². The zero-order valence-corrected chi connectivity index (χ0v) is 13.4. The topological polar surface area (TPSA) is 120 Å². The van der Waals surface area contributed by atoms with Crippen LogP contribution in [0.3, 0.4) is 0 Å². The summed E-state index contributed by atoms with van der Waals surface area (Å²) >= 11 is 1.38. The first kappa shape index (κ1) is 16.5. The molecule has 0 bridgehead atoms. The fraction of sp³-hybridized carbons (Fsp3) is 0.462. The molecule has 1 aromatic rings. The minimum Gasteiger partial charge on any atom is -0.430 e. The number of tetrazole rings is 1. The maximum atomic E-state index is 12.1. The molecule has 2 atom stereocenters. The molecule has 1 fully saturated rings. The van der Waals surface area contributed by atoms with E-state index in [1.165, 1.54) is 33.7 Å². The van der Waals surface area contributed by atoms with Gasteiger partial charge in [-0.1, -0.05) is 24.4 Å². The Balaban J connectivity index is 1.73. The number of nitrogens with zero attached hydrogens (tertiary/aromatic N) is 5. The summed E-state index contributed by atoms with van der Waals surface area (Å²) in [6.45, 7) is 3.67. The average molecular weight is 353 g/mol. The second kappa shape index (κ2) is 7.01. The van der Waals surface area contributed by atoms with Crippen LogP contribution in [0.5, 0.6) is 0 Å². The van der Waals surface area contributed by atoms with Gasteiger partial charge in [-0.3, -0.25) is 9.69 Å². The summed E-state index contributed by atoms with van der Waals surface area (Å²) in [5.41, 5.74) is 0. The van der Waals surface area contributed by atoms with Crippen molar-refractivity contribution in [2.24, 2.45) is 5.92 Å². The monoisotopic (exact) mass is 353 g/mol. The first-order chi connectivity index (χ1) is 11.7. The molecule has 0 unspecified atom stereocenters. The molecule has 10 nitrogen and oxygen atoms in total. The van der Waals surface area contributed by atoms with Crippen molar-refractivity contribution < 1.29 is 24.2 Å². The van der Waals surface area contributed by atoms with Crippen LogP contribution in [0, 0.1) is 5.92 Å². The van der Waals surface area contributed by atoms with Crippen molar-refractivity contribution in [2.75, 3.05) is 13.2 Å². The molecule has 3 rings (SSSR count). The molecule has 0 saturated carbocycles. The average Bonchev–Trinajstić information content (AvgIpc) is 3.18. The van der Waals surface area contributed by atoms with Gasteiger partial charge in [0.2, 0.25) is 11.8 Å². The fourth-order valence-electron chi connectivity index (χ4n) is 2.38. The number of amides is 1. The lowest BCUT2D eigenvalue weighted by molar-refractivity contribution is -0.152.